The number of hydrogen-bond acceptors (Lipinski definition) is 5. The van der Waals surface area contributed by atoms with E-state index >= 15 is 0 Å². The van der Waals surface area contributed by atoms with Gasteiger partial charge in [0.15, 0.2) is 0 Å². The van der Waals surface area contributed by atoms with Crippen LogP contribution in [0, 0.1) is 0 Å². The molecule has 404 valence electrons. The Morgan fingerprint density at radius 1 is 0.397 bits per heavy atom. The van der Waals surface area contributed by atoms with Crippen LogP contribution in [0.3, 0.4) is 0 Å². The van der Waals surface area contributed by atoms with E-state index in [0.717, 1.165) is 38.5 Å². The lowest BCUT2D eigenvalue weighted by atomic mass is 10.0. The Morgan fingerprint density at radius 2 is 0.691 bits per heavy atom. The Balaban J connectivity index is 3.39. The SMILES string of the molecule is CCCCCCCCCCCCCCCCCCCCCC(=O)OCCCCCCCCCC/C=C\CCCCCCCCCC(=O)NC(CO)C(O)CCCCCCCCCCCCCCC. The lowest BCUT2D eigenvalue weighted by molar-refractivity contribution is -0.143. The molecular formula is C62H121NO5. The highest BCUT2D eigenvalue weighted by Gasteiger charge is 2.20. The fourth-order valence-corrected chi connectivity index (χ4v) is 9.81. The zero-order valence-corrected chi connectivity index (χ0v) is 46.1. The number of ether oxygens (including phenoxy) is 1. The molecule has 0 aromatic rings. The molecule has 0 aromatic heterocycles. The highest BCUT2D eigenvalue weighted by Crippen LogP contribution is 2.18. The number of aliphatic hydroxyl groups is 2. The van der Waals surface area contributed by atoms with Gasteiger partial charge in [-0.1, -0.05) is 296 Å². The maximum Gasteiger partial charge on any atom is 0.305 e. The van der Waals surface area contributed by atoms with Gasteiger partial charge in [-0.3, -0.25) is 9.59 Å². The summed E-state index contributed by atoms with van der Waals surface area (Å²) in [6.45, 7) is 4.96. The molecule has 0 radical (unpaired) electrons. The Kier molecular flexibility index (Phi) is 57.0. The van der Waals surface area contributed by atoms with Crippen molar-refractivity contribution in [3.8, 4) is 0 Å². The van der Waals surface area contributed by atoms with Crippen molar-refractivity contribution in [1.29, 1.82) is 0 Å². The van der Waals surface area contributed by atoms with E-state index in [1.165, 1.54) is 276 Å². The summed E-state index contributed by atoms with van der Waals surface area (Å²) in [6, 6.07) is -0.547. The average molecular weight is 961 g/mol. The molecule has 0 heterocycles. The number of carbonyl (C=O) groups excluding carboxylic acids is 2. The molecule has 6 nitrogen and oxygen atoms in total. The second kappa shape index (κ2) is 58.2. The number of esters is 1. The quantitative estimate of drug-likeness (QED) is 0.0321. The van der Waals surface area contributed by atoms with E-state index in [9.17, 15) is 19.8 Å². The lowest BCUT2D eigenvalue weighted by Crippen LogP contribution is -2.45. The van der Waals surface area contributed by atoms with E-state index in [0.29, 0.717) is 25.9 Å². The number of amides is 1. The summed E-state index contributed by atoms with van der Waals surface area (Å²) in [6.07, 6.45) is 69.3. The number of nitrogens with one attached hydrogen (secondary N) is 1. The Labute approximate surface area is 425 Å². The normalized spacial score (nSPS) is 12.6. The van der Waals surface area contributed by atoms with Crippen LogP contribution in [0.2, 0.25) is 0 Å². The Bertz CT molecular complexity index is 1020. The summed E-state index contributed by atoms with van der Waals surface area (Å²) >= 11 is 0. The molecule has 1 amide bonds. The first-order chi connectivity index (χ1) is 33.5. The first-order valence-electron chi connectivity index (χ1n) is 30.9. The molecular weight excluding hydrogens is 839 g/mol. The van der Waals surface area contributed by atoms with Gasteiger partial charge in [0, 0.05) is 12.8 Å². The summed E-state index contributed by atoms with van der Waals surface area (Å²) in [5, 5.41) is 23.2. The zero-order valence-electron chi connectivity index (χ0n) is 46.1. The molecule has 0 bridgehead atoms. The standard InChI is InChI=1S/C62H121NO5/c1-3-5-7-9-11-13-15-17-18-19-21-25-28-32-36-40-44-48-52-56-62(67)68-57-53-49-45-41-37-33-29-26-23-20-22-24-27-31-35-39-43-47-51-55-61(66)63-59(58-64)60(65)54-50-46-42-38-34-30-16-14-12-10-8-6-4-2/h20,22,59-60,64-65H,3-19,21,23-58H2,1-2H3,(H,63,66)/b22-20-. The van der Waals surface area contributed by atoms with E-state index in [4.69, 9.17) is 4.74 Å². The number of unbranched alkanes of at least 4 members (excludes halogenated alkanes) is 45. The van der Waals surface area contributed by atoms with Gasteiger partial charge in [-0.25, -0.2) is 0 Å². The second-order valence-electron chi connectivity index (χ2n) is 21.4. The maximum absolute atomic E-state index is 12.5. The number of rotatable bonds is 58. The third-order valence-electron chi connectivity index (χ3n) is 14.6. The molecule has 2 unspecified atom stereocenters. The van der Waals surface area contributed by atoms with Crippen molar-refractivity contribution in [3.05, 3.63) is 12.2 Å². The van der Waals surface area contributed by atoms with Crippen LogP contribution in [0.25, 0.3) is 0 Å². The molecule has 0 saturated carbocycles. The fourth-order valence-electron chi connectivity index (χ4n) is 9.81. The third-order valence-corrected chi connectivity index (χ3v) is 14.6. The topological polar surface area (TPSA) is 95.9 Å². The van der Waals surface area contributed by atoms with Crippen molar-refractivity contribution in [2.75, 3.05) is 13.2 Å². The second-order valence-corrected chi connectivity index (χ2v) is 21.4. The van der Waals surface area contributed by atoms with Gasteiger partial charge >= 0.3 is 5.97 Å². The molecule has 2 atom stereocenters. The number of allylic oxidation sites excluding steroid dienone is 2. The third kappa shape index (κ3) is 53.9. The van der Waals surface area contributed by atoms with Gasteiger partial charge in [0.1, 0.15) is 0 Å². The van der Waals surface area contributed by atoms with Crippen LogP contribution < -0.4 is 5.32 Å². The number of hydrogen-bond donors (Lipinski definition) is 3. The lowest BCUT2D eigenvalue weighted by Gasteiger charge is -2.22. The van der Waals surface area contributed by atoms with Gasteiger partial charge in [-0.2, -0.15) is 0 Å². The Morgan fingerprint density at radius 3 is 1.04 bits per heavy atom. The van der Waals surface area contributed by atoms with E-state index in [1.54, 1.807) is 0 Å². The van der Waals surface area contributed by atoms with Crippen molar-refractivity contribution < 1.29 is 24.5 Å². The highest BCUT2D eigenvalue weighted by atomic mass is 16.5. The minimum atomic E-state index is -0.669. The zero-order chi connectivity index (χ0) is 49.3. The van der Waals surface area contributed by atoms with Crippen molar-refractivity contribution in [1.82, 2.24) is 5.32 Å². The molecule has 0 aliphatic heterocycles. The fraction of sp³-hybridized carbons (Fsp3) is 0.935. The van der Waals surface area contributed by atoms with E-state index < -0.39 is 12.1 Å². The summed E-state index contributed by atoms with van der Waals surface area (Å²) in [4.78, 5) is 24.6. The maximum atomic E-state index is 12.5. The molecule has 0 rings (SSSR count). The van der Waals surface area contributed by atoms with Crippen molar-refractivity contribution in [2.24, 2.45) is 0 Å². The molecule has 0 saturated heterocycles. The van der Waals surface area contributed by atoms with Crippen molar-refractivity contribution >= 4 is 11.9 Å². The molecule has 0 spiro atoms. The van der Waals surface area contributed by atoms with Gasteiger partial charge in [-0.15, -0.1) is 0 Å². The van der Waals surface area contributed by atoms with E-state index in [-0.39, 0.29) is 18.5 Å². The van der Waals surface area contributed by atoms with Crippen LogP contribution in [0.5, 0.6) is 0 Å². The predicted octanol–water partition coefficient (Wildman–Crippen LogP) is 19.2. The van der Waals surface area contributed by atoms with Gasteiger partial charge in [0.2, 0.25) is 5.91 Å². The van der Waals surface area contributed by atoms with Crippen LogP contribution in [0.1, 0.15) is 348 Å². The van der Waals surface area contributed by atoms with E-state index in [1.807, 2.05) is 0 Å². The molecule has 6 heteroatoms. The minimum absolute atomic E-state index is 0.00938. The van der Waals surface area contributed by atoms with Crippen LogP contribution in [-0.2, 0) is 14.3 Å². The van der Waals surface area contributed by atoms with Gasteiger partial charge < -0.3 is 20.3 Å². The first-order valence-corrected chi connectivity index (χ1v) is 30.9. The van der Waals surface area contributed by atoms with Gasteiger partial charge in [-0.05, 0) is 51.4 Å². The van der Waals surface area contributed by atoms with E-state index in [2.05, 4.69) is 31.3 Å². The Hall–Kier alpha value is -1.40. The summed E-state index contributed by atoms with van der Waals surface area (Å²) < 4.78 is 5.50. The highest BCUT2D eigenvalue weighted by molar-refractivity contribution is 5.76. The molecule has 0 aliphatic rings. The average Bonchev–Trinajstić information content (AvgIpc) is 3.34. The summed E-state index contributed by atoms with van der Waals surface area (Å²) in [7, 11) is 0. The minimum Gasteiger partial charge on any atom is -0.466 e. The molecule has 0 aromatic carbocycles. The summed E-state index contributed by atoms with van der Waals surface area (Å²) in [5.74, 6) is -0.0337. The first kappa shape index (κ1) is 66.6. The van der Waals surface area contributed by atoms with Crippen LogP contribution in [0.15, 0.2) is 12.2 Å². The van der Waals surface area contributed by atoms with Crippen molar-refractivity contribution in [2.45, 2.75) is 360 Å². The van der Waals surface area contributed by atoms with Gasteiger partial charge in [0.05, 0.1) is 25.4 Å². The monoisotopic (exact) mass is 960 g/mol. The van der Waals surface area contributed by atoms with Crippen LogP contribution >= 0.6 is 0 Å². The van der Waals surface area contributed by atoms with Gasteiger partial charge in [0.25, 0.3) is 0 Å². The molecule has 0 fully saturated rings. The predicted molar refractivity (Wildman–Crippen MR) is 297 cm³/mol. The number of aliphatic hydroxyl groups excluding tert-OH is 2. The molecule has 68 heavy (non-hydrogen) atoms. The number of carbonyl (C=O) groups is 2. The molecule has 0 aliphatic carbocycles. The summed E-state index contributed by atoms with van der Waals surface area (Å²) in [5.41, 5.74) is 0. The largest absolute Gasteiger partial charge is 0.466 e. The smallest absolute Gasteiger partial charge is 0.305 e. The van der Waals surface area contributed by atoms with Crippen molar-refractivity contribution in [3.63, 3.8) is 0 Å². The van der Waals surface area contributed by atoms with Crippen LogP contribution in [-0.4, -0.2) is 47.4 Å². The molecule has 3 N–H and O–H groups in total. The van der Waals surface area contributed by atoms with Crippen LogP contribution in [0.4, 0.5) is 0 Å².